The number of carbonyl (C=O) groups is 1. The van der Waals surface area contributed by atoms with Crippen LogP contribution in [0.5, 0.6) is 5.75 Å². The van der Waals surface area contributed by atoms with E-state index in [1.54, 1.807) is 11.3 Å². The Morgan fingerprint density at radius 2 is 1.72 bits per heavy atom. The van der Waals surface area contributed by atoms with Crippen LogP contribution in [-0.2, 0) is 16.4 Å². The third-order valence-electron chi connectivity index (χ3n) is 4.82. The molecule has 0 radical (unpaired) electrons. The van der Waals surface area contributed by atoms with Gasteiger partial charge in [0.1, 0.15) is 5.75 Å². The fourth-order valence-corrected chi connectivity index (χ4v) is 4.73. The maximum absolute atomic E-state index is 12.4. The number of benzene rings is 2. The van der Waals surface area contributed by atoms with Crippen LogP contribution in [0, 0.1) is 6.92 Å². The lowest BCUT2D eigenvalue weighted by Crippen LogP contribution is -2.26. The lowest BCUT2D eigenvalue weighted by molar-refractivity contribution is 0.0952. The zero-order valence-corrected chi connectivity index (χ0v) is 19.7. The number of rotatable bonds is 12. The average molecular weight is 473 g/mol. The van der Waals surface area contributed by atoms with Gasteiger partial charge in [-0.25, -0.2) is 13.1 Å². The van der Waals surface area contributed by atoms with Crippen LogP contribution >= 0.6 is 11.3 Å². The summed E-state index contributed by atoms with van der Waals surface area (Å²) in [5.74, 6) is 0.620. The Bertz CT molecular complexity index is 1080. The van der Waals surface area contributed by atoms with Crippen LogP contribution in [-0.4, -0.2) is 34.0 Å². The van der Waals surface area contributed by atoms with Crippen molar-refractivity contribution < 1.29 is 17.9 Å². The van der Waals surface area contributed by atoms with Gasteiger partial charge in [-0.15, -0.1) is 11.3 Å². The molecule has 0 spiro atoms. The zero-order chi connectivity index (χ0) is 22.8. The molecule has 2 N–H and O–H groups in total. The molecule has 1 amide bonds. The first-order valence-electron chi connectivity index (χ1n) is 10.5. The van der Waals surface area contributed by atoms with Gasteiger partial charge in [0.25, 0.3) is 5.91 Å². The lowest BCUT2D eigenvalue weighted by Gasteiger charge is -2.09. The average Bonchev–Trinajstić information content (AvgIpc) is 3.31. The predicted octanol–water partition coefficient (Wildman–Crippen LogP) is 4.17. The minimum atomic E-state index is -3.60. The van der Waals surface area contributed by atoms with Crippen molar-refractivity contribution in [2.75, 3.05) is 19.7 Å². The smallest absolute Gasteiger partial charge is 0.251 e. The molecule has 6 nitrogen and oxygen atoms in total. The highest BCUT2D eigenvalue weighted by molar-refractivity contribution is 7.89. The number of thiophene rings is 1. The summed E-state index contributed by atoms with van der Waals surface area (Å²) >= 11 is 1.60. The van der Waals surface area contributed by atoms with Crippen molar-refractivity contribution in [3.05, 3.63) is 82.0 Å². The molecular weight excluding hydrogens is 444 g/mol. The molecule has 32 heavy (non-hydrogen) atoms. The summed E-state index contributed by atoms with van der Waals surface area (Å²) < 4.78 is 33.1. The number of amides is 1. The van der Waals surface area contributed by atoms with Crippen LogP contribution in [0.1, 0.15) is 33.6 Å². The molecule has 0 saturated heterocycles. The van der Waals surface area contributed by atoms with Crippen molar-refractivity contribution in [3.63, 3.8) is 0 Å². The molecule has 8 heteroatoms. The second-order valence-electron chi connectivity index (χ2n) is 7.38. The molecule has 0 atom stereocenters. The first kappa shape index (κ1) is 24.0. The second kappa shape index (κ2) is 11.8. The monoisotopic (exact) mass is 472 g/mol. The molecule has 0 unspecified atom stereocenters. The van der Waals surface area contributed by atoms with Crippen molar-refractivity contribution in [3.8, 4) is 5.75 Å². The topological polar surface area (TPSA) is 84.5 Å². The van der Waals surface area contributed by atoms with Crippen LogP contribution < -0.4 is 14.8 Å². The number of hydrogen-bond acceptors (Lipinski definition) is 5. The number of hydrogen-bond donors (Lipinski definition) is 2. The Hall–Kier alpha value is -2.68. The number of carbonyl (C=O) groups excluding carboxylic acids is 1. The molecular formula is C24H28N2O4S2. The molecule has 0 saturated carbocycles. The molecule has 0 aliphatic rings. The van der Waals surface area contributed by atoms with Gasteiger partial charge in [0.05, 0.1) is 11.5 Å². The van der Waals surface area contributed by atoms with E-state index in [1.165, 1.54) is 29.8 Å². The van der Waals surface area contributed by atoms with Gasteiger partial charge >= 0.3 is 0 Å². The Morgan fingerprint density at radius 1 is 0.969 bits per heavy atom. The van der Waals surface area contributed by atoms with Crippen LogP contribution in [0.4, 0.5) is 0 Å². The Morgan fingerprint density at radius 3 is 2.41 bits per heavy atom. The quantitative estimate of drug-likeness (QED) is 0.388. The van der Waals surface area contributed by atoms with E-state index in [9.17, 15) is 13.2 Å². The van der Waals surface area contributed by atoms with Crippen LogP contribution in [0.3, 0.4) is 0 Å². The van der Waals surface area contributed by atoms with Gasteiger partial charge in [-0.2, -0.15) is 0 Å². The van der Waals surface area contributed by atoms with Crippen LogP contribution in [0.2, 0.25) is 0 Å². The van der Waals surface area contributed by atoms with E-state index in [0.717, 1.165) is 23.5 Å². The van der Waals surface area contributed by atoms with Crippen molar-refractivity contribution in [1.82, 2.24) is 10.0 Å². The molecule has 3 rings (SSSR count). The highest BCUT2D eigenvalue weighted by Crippen LogP contribution is 2.13. The zero-order valence-electron chi connectivity index (χ0n) is 18.0. The van der Waals surface area contributed by atoms with Gasteiger partial charge in [-0.05, 0) is 74.0 Å². The van der Waals surface area contributed by atoms with Crippen LogP contribution in [0.25, 0.3) is 0 Å². The van der Waals surface area contributed by atoms with E-state index in [-0.39, 0.29) is 10.8 Å². The van der Waals surface area contributed by atoms with Gasteiger partial charge in [0.15, 0.2) is 0 Å². The maximum Gasteiger partial charge on any atom is 0.251 e. The summed E-state index contributed by atoms with van der Waals surface area (Å²) in [7, 11) is -3.60. The minimum absolute atomic E-state index is 0.147. The van der Waals surface area contributed by atoms with E-state index in [1.807, 2.05) is 48.7 Å². The van der Waals surface area contributed by atoms with E-state index < -0.39 is 10.0 Å². The standard InChI is InChI=1S/C24H28N2O4S2/c1-19-6-10-21(11-7-19)30-17-3-2-15-25-24(27)20-8-12-23(13-9-20)32(28,29)26-16-14-22-5-4-18-31-22/h4-13,18,26H,2-3,14-17H2,1H3,(H,25,27). The predicted molar refractivity (Wildman–Crippen MR) is 128 cm³/mol. The summed E-state index contributed by atoms with van der Waals surface area (Å²) in [6, 6.07) is 17.8. The highest BCUT2D eigenvalue weighted by Gasteiger charge is 2.14. The number of aryl methyl sites for hydroxylation is 1. The largest absolute Gasteiger partial charge is 0.494 e. The van der Waals surface area contributed by atoms with Crippen LogP contribution in [0.15, 0.2) is 70.9 Å². The molecule has 0 aliphatic heterocycles. The number of unbranched alkanes of at least 4 members (excludes halogenated alkanes) is 1. The first-order chi connectivity index (χ1) is 15.4. The molecule has 170 valence electrons. The summed E-state index contributed by atoms with van der Waals surface area (Å²) in [5.41, 5.74) is 1.62. The molecule has 0 fully saturated rings. The van der Waals surface area contributed by atoms with E-state index in [2.05, 4.69) is 10.0 Å². The summed E-state index contributed by atoms with van der Waals surface area (Å²) in [5, 5.41) is 4.82. The van der Waals surface area contributed by atoms with Gasteiger partial charge in [0, 0.05) is 23.5 Å². The first-order valence-corrected chi connectivity index (χ1v) is 12.9. The van der Waals surface area contributed by atoms with E-state index in [4.69, 9.17) is 4.74 Å². The third kappa shape index (κ3) is 7.47. The Labute approximate surface area is 193 Å². The molecule has 0 bridgehead atoms. The number of nitrogens with one attached hydrogen (secondary N) is 2. The Kier molecular flexibility index (Phi) is 8.84. The van der Waals surface area contributed by atoms with E-state index >= 15 is 0 Å². The van der Waals surface area contributed by atoms with Gasteiger partial charge in [-0.3, -0.25) is 4.79 Å². The molecule has 0 aliphatic carbocycles. The number of sulfonamides is 1. The molecule has 3 aromatic rings. The summed E-state index contributed by atoms with van der Waals surface area (Å²) in [6.45, 7) is 3.48. The SMILES string of the molecule is Cc1ccc(OCCCCNC(=O)c2ccc(S(=O)(=O)NCCc3cccs3)cc2)cc1. The van der Waals surface area contributed by atoms with Gasteiger partial charge in [0.2, 0.25) is 10.0 Å². The minimum Gasteiger partial charge on any atom is -0.494 e. The van der Waals surface area contributed by atoms with Crippen molar-refractivity contribution in [2.24, 2.45) is 0 Å². The van der Waals surface area contributed by atoms with Gasteiger partial charge < -0.3 is 10.1 Å². The number of ether oxygens (including phenoxy) is 1. The normalized spacial score (nSPS) is 11.3. The van der Waals surface area contributed by atoms with E-state index in [0.29, 0.717) is 31.7 Å². The summed E-state index contributed by atoms with van der Waals surface area (Å²) in [6.07, 6.45) is 2.26. The fraction of sp³-hybridized carbons (Fsp3) is 0.292. The van der Waals surface area contributed by atoms with Gasteiger partial charge in [-0.1, -0.05) is 23.8 Å². The highest BCUT2D eigenvalue weighted by atomic mass is 32.2. The van der Waals surface area contributed by atoms with Crippen molar-refractivity contribution >= 4 is 27.3 Å². The fourth-order valence-electron chi connectivity index (χ4n) is 2.99. The lowest BCUT2D eigenvalue weighted by atomic mass is 10.2. The summed E-state index contributed by atoms with van der Waals surface area (Å²) in [4.78, 5) is 13.6. The molecule has 1 heterocycles. The van der Waals surface area contributed by atoms with Crippen molar-refractivity contribution in [1.29, 1.82) is 0 Å². The third-order valence-corrected chi connectivity index (χ3v) is 7.23. The molecule has 2 aromatic carbocycles. The van der Waals surface area contributed by atoms with Crippen molar-refractivity contribution in [2.45, 2.75) is 31.1 Å². The molecule has 1 aromatic heterocycles. The Balaban J connectivity index is 1.36. The maximum atomic E-state index is 12.4. The second-order valence-corrected chi connectivity index (χ2v) is 10.2.